The molecule has 3 rings (SSSR count). The summed E-state index contributed by atoms with van der Waals surface area (Å²) in [6.45, 7) is 2.07. The first-order valence-electron chi connectivity index (χ1n) is 7.44. The fourth-order valence-electron chi connectivity index (χ4n) is 2.19. The zero-order valence-corrected chi connectivity index (χ0v) is 14.6. The van der Waals surface area contributed by atoms with Crippen LogP contribution in [0.3, 0.4) is 0 Å². The molecule has 0 spiro atoms. The van der Waals surface area contributed by atoms with Crippen molar-refractivity contribution in [3.8, 4) is 22.9 Å². The predicted molar refractivity (Wildman–Crippen MR) is 93.6 cm³/mol. The monoisotopic (exact) mass is 342 g/mol. The summed E-state index contributed by atoms with van der Waals surface area (Å²) in [5.41, 5.74) is 2.01. The molecule has 0 saturated heterocycles. The van der Waals surface area contributed by atoms with Crippen LogP contribution in [0.1, 0.15) is 11.5 Å². The Kier molecular flexibility index (Phi) is 5.05. The summed E-state index contributed by atoms with van der Waals surface area (Å²) >= 11 is 1.66. The van der Waals surface area contributed by atoms with Crippen LogP contribution < -0.4 is 9.47 Å². The van der Waals surface area contributed by atoms with Crippen LogP contribution in [0.25, 0.3) is 11.4 Å². The summed E-state index contributed by atoms with van der Waals surface area (Å²) in [4.78, 5) is 5.63. The minimum absolute atomic E-state index is 0.508. The van der Waals surface area contributed by atoms with E-state index in [9.17, 15) is 0 Å². The van der Waals surface area contributed by atoms with Crippen molar-refractivity contribution < 1.29 is 14.0 Å². The standard InChI is InChI=1S/C18H18N2O3S/c1-12-4-7-14(8-5-12)24-11-17-19-18(20-23-17)15-9-6-13(21-2)10-16(15)22-3/h4-10H,11H2,1-3H3. The Morgan fingerprint density at radius 2 is 1.83 bits per heavy atom. The van der Waals surface area contributed by atoms with E-state index in [0.717, 1.165) is 5.56 Å². The maximum Gasteiger partial charge on any atom is 0.237 e. The van der Waals surface area contributed by atoms with Crippen molar-refractivity contribution in [2.45, 2.75) is 17.6 Å². The SMILES string of the molecule is COc1ccc(-c2noc(CSc3ccc(C)cc3)n2)c(OC)c1. The molecule has 0 bridgehead atoms. The number of hydrogen-bond acceptors (Lipinski definition) is 6. The third-order valence-corrected chi connectivity index (χ3v) is 4.50. The van der Waals surface area contributed by atoms with Crippen molar-refractivity contribution >= 4 is 11.8 Å². The Labute approximate surface area is 145 Å². The molecule has 0 amide bonds. The molecule has 124 valence electrons. The lowest BCUT2D eigenvalue weighted by molar-refractivity contribution is 0.388. The molecule has 2 aromatic carbocycles. The Hall–Kier alpha value is -2.47. The number of aromatic nitrogens is 2. The lowest BCUT2D eigenvalue weighted by Crippen LogP contribution is -1.91. The molecule has 0 radical (unpaired) electrons. The number of rotatable bonds is 6. The zero-order chi connectivity index (χ0) is 16.9. The Morgan fingerprint density at radius 3 is 2.54 bits per heavy atom. The topological polar surface area (TPSA) is 57.4 Å². The summed E-state index contributed by atoms with van der Waals surface area (Å²) < 4.78 is 15.9. The van der Waals surface area contributed by atoms with Crippen LogP contribution in [-0.2, 0) is 5.75 Å². The van der Waals surface area contributed by atoms with Crippen molar-refractivity contribution in [1.82, 2.24) is 10.1 Å². The molecule has 24 heavy (non-hydrogen) atoms. The number of nitrogens with zero attached hydrogens (tertiary/aromatic N) is 2. The molecule has 0 fully saturated rings. The van der Waals surface area contributed by atoms with E-state index < -0.39 is 0 Å². The van der Waals surface area contributed by atoms with Gasteiger partial charge in [0, 0.05) is 11.0 Å². The van der Waals surface area contributed by atoms with E-state index in [2.05, 4.69) is 41.3 Å². The highest BCUT2D eigenvalue weighted by Gasteiger charge is 2.14. The van der Waals surface area contributed by atoms with E-state index in [4.69, 9.17) is 14.0 Å². The molecule has 0 saturated carbocycles. The Balaban J connectivity index is 1.74. The van der Waals surface area contributed by atoms with Crippen LogP contribution in [0.15, 0.2) is 51.9 Å². The maximum absolute atomic E-state index is 5.39. The molecule has 0 unspecified atom stereocenters. The zero-order valence-electron chi connectivity index (χ0n) is 13.8. The van der Waals surface area contributed by atoms with Crippen LogP contribution in [-0.4, -0.2) is 24.4 Å². The summed E-state index contributed by atoms with van der Waals surface area (Å²) in [5, 5.41) is 4.06. The van der Waals surface area contributed by atoms with Crippen molar-refractivity contribution in [2.24, 2.45) is 0 Å². The second-order valence-electron chi connectivity index (χ2n) is 5.18. The molecule has 5 nitrogen and oxygen atoms in total. The maximum atomic E-state index is 5.39. The first kappa shape index (κ1) is 16.4. The van der Waals surface area contributed by atoms with E-state index in [0.29, 0.717) is 29.0 Å². The smallest absolute Gasteiger partial charge is 0.237 e. The van der Waals surface area contributed by atoms with E-state index in [1.54, 1.807) is 32.0 Å². The minimum Gasteiger partial charge on any atom is -0.497 e. The third-order valence-electron chi connectivity index (χ3n) is 3.50. The normalized spacial score (nSPS) is 10.6. The van der Waals surface area contributed by atoms with Crippen LogP contribution in [0.4, 0.5) is 0 Å². The average Bonchev–Trinajstić information content (AvgIpc) is 3.09. The number of thioether (sulfide) groups is 1. The summed E-state index contributed by atoms with van der Waals surface area (Å²) in [7, 11) is 3.22. The van der Waals surface area contributed by atoms with Gasteiger partial charge < -0.3 is 14.0 Å². The van der Waals surface area contributed by atoms with Gasteiger partial charge in [-0.05, 0) is 31.2 Å². The number of hydrogen-bond donors (Lipinski definition) is 0. The average molecular weight is 342 g/mol. The lowest BCUT2D eigenvalue weighted by Gasteiger charge is -2.07. The molecule has 6 heteroatoms. The second-order valence-corrected chi connectivity index (χ2v) is 6.23. The number of ether oxygens (including phenoxy) is 2. The van der Waals surface area contributed by atoms with E-state index in [1.807, 2.05) is 12.1 Å². The minimum atomic E-state index is 0.508. The van der Waals surface area contributed by atoms with E-state index in [1.165, 1.54) is 10.5 Å². The molecule has 0 aliphatic heterocycles. The van der Waals surface area contributed by atoms with Gasteiger partial charge in [-0.15, -0.1) is 11.8 Å². The van der Waals surface area contributed by atoms with Gasteiger partial charge in [0.05, 0.1) is 25.5 Å². The van der Waals surface area contributed by atoms with Crippen LogP contribution in [0.5, 0.6) is 11.5 Å². The molecule has 3 aromatic rings. The van der Waals surface area contributed by atoms with E-state index in [-0.39, 0.29) is 0 Å². The van der Waals surface area contributed by atoms with Gasteiger partial charge in [-0.2, -0.15) is 4.98 Å². The molecule has 0 N–H and O–H groups in total. The third kappa shape index (κ3) is 3.71. The highest BCUT2D eigenvalue weighted by molar-refractivity contribution is 7.98. The van der Waals surface area contributed by atoms with Gasteiger partial charge in [0.1, 0.15) is 11.5 Å². The molecule has 0 aliphatic rings. The van der Waals surface area contributed by atoms with Crippen LogP contribution in [0.2, 0.25) is 0 Å². The number of methoxy groups -OCH3 is 2. The lowest BCUT2D eigenvalue weighted by atomic mass is 10.2. The quantitative estimate of drug-likeness (QED) is 0.621. The van der Waals surface area contributed by atoms with Gasteiger partial charge in [0.15, 0.2) is 0 Å². The van der Waals surface area contributed by atoms with Gasteiger partial charge in [0.2, 0.25) is 11.7 Å². The van der Waals surface area contributed by atoms with Crippen LogP contribution in [0, 0.1) is 6.92 Å². The summed E-state index contributed by atoms with van der Waals surface area (Å²) in [6, 6.07) is 13.8. The predicted octanol–water partition coefficient (Wildman–Crippen LogP) is 4.35. The largest absolute Gasteiger partial charge is 0.497 e. The molecule has 0 atom stereocenters. The van der Waals surface area contributed by atoms with Gasteiger partial charge in [0.25, 0.3) is 0 Å². The van der Waals surface area contributed by atoms with Crippen molar-refractivity contribution in [2.75, 3.05) is 14.2 Å². The van der Waals surface area contributed by atoms with Crippen LogP contribution >= 0.6 is 11.8 Å². The molecule has 0 aliphatic carbocycles. The second kappa shape index (κ2) is 7.40. The van der Waals surface area contributed by atoms with Crippen molar-refractivity contribution in [3.63, 3.8) is 0 Å². The highest BCUT2D eigenvalue weighted by Crippen LogP contribution is 2.32. The van der Waals surface area contributed by atoms with Crippen molar-refractivity contribution in [1.29, 1.82) is 0 Å². The molecule has 1 heterocycles. The number of aryl methyl sites for hydroxylation is 1. The Bertz CT molecular complexity index is 815. The molecular formula is C18H18N2O3S. The fraction of sp³-hybridized carbons (Fsp3) is 0.222. The fourth-order valence-corrected chi connectivity index (χ4v) is 2.92. The first-order chi connectivity index (χ1) is 11.7. The van der Waals surface area contributed by atoms with E-state index >= 15 is 0 Å². The van der Waals surface area contributed by atoms with Gasteiger partial charge in [-0.25, -0.2) is 0 Å². The first-order valence-corrected chi connectivity index (χ1v) is 8.42. The van der Waals surface area contributed by atoms with Gasteiger partial charge in [-0.1, -0.05) is 22.9 Å². The molecule has 1 aromatic heterocycles. The molecular weight excluding hydrogens is 324 g/mol. The van der Waals surface area contributed by atoms with Gasteiger partial charge >= 0.3 is 0 Å². The summed E-state index contributed by atoms with van der Waals surface area (Å²) in [5.74, 6) is 3.07. The van der Waals surface area contributed by atoms with Crippen molar-refractivity contribution in [3.05, 3.63) is 53.9 Å². The Morgan fingerprint density at radius 1 is 1.04 bits per heavy atom. The van der Waals surface area contributed by atoms with Gasteiger partial charge in [-0.3, -0.25) is 0 Å². The highest BCUT2D eigenvalue weighted by atomic mass is 32.2. The summed E-state index contributed by atoms with van der Waals surface area (Å²) in [6.07, 6.45) is 0. The number of benzene rings is 2.